The van der Waals surface area contributed by atoms with Crippen LogP contribution in [0.3, 0.4) is 0 Å². The zero-order valence-electron chi connectivity index (χ0n) is 12.5. The van der Waals surface area contributed by atoms with Gasteiger partial charge in [-0.15, -0.1) is 0 Å². The third kappa shape index (κ3) is 2.80. The van der Waals surface area contributed by atoms with Crippen molar-refractivity contribution in [3.63, 3.8) is 0 Å². The summed E-state index contributed by atoms with van der Waals surface area (Å²) < 4.78 is 5.36. The molecular weight excluding hydrogens is 252 g/mol. The maximum absolute atomic E-state index is 12.6. The second-order valence-electron chi connectivity index (χ2n) is 5.50. The number of methoxy groups -OCH3 is 1. The number of nitrogens with one attached hydrogen (secondary N) is 2. The van der Waals surface area contributed by atoms with Gasteiger partial charge in [0.25, 0.3) is 0 Å². The van der Waals surface area contributed by atoms with Crippen molar-refractivity contribution in [1.29, 1.82) is 0 Å². The van der Waals surface area contributed by atoms with Crippen molar-refractivity contribution in [2.24, 2.45) is 5.41 Å². The number of rotatable bonds is 5. The van der Waals surface area contributed by atoms with E-state index in [1.165, 1.54) is 0 Å². The normalized spacial score (nSPS) is 23.4. The molecule has 0 bridgehead atoms. The van der Waals surface area contributed by atoms with Gasteiger partial charge in [0.15, 0.2) is 0 Å². The van der Waals surface area contributed by atoms with Gasteiger partial charge in [0.05, 0.1) is 18.6 Å². The van der Waals surface area contributed by atoms with Gasteiger partial charge < -0.3 is 15.4 Å². The second-order valence-corrected chi connectivity index (χ2v) is 5.50. The largest absolute Gasteiger partial charge is 0.496 e. The second kappa shape index (κ2) is 6.27. The van der Waals surface area contributed by atoms with E-state index in [1.54, 1.807) is 7.11 Å². The zero-order chi connectivity index (χ0) is 14.6. The van der Waals surface area contributed by atoms with E-state index < -0.39 is 0 Å². The van der Waals surface area contributed by atoms with E-state index in [0.29, 0.717) is 0 Å². The van der Waals surface area contributed by atoms with Crippen molar-refractivity contribution < 1.29 is 9.53 Å². The molecule has 0 aliphatic carbocycles. The molecule has 1 aliphatic heterocycles. The van der Waals surface area contributed by atoms with Crippen LogP contribution in [0.4, 0.5) is 0 Å². The molecule has 1 aromatic rings. The summed E-state index contributed by atoms with van der Waals surface area (Å²) in [7, 11) is 1.65. The maximum atomic E-state index is 12.6. The maximum Gasteiger partial charge on any atom is 0.228 e. The predicted octanol–water partition coefficient (Wildman–Crippen LogP) is 2.26. The van der Waals surface area contributed by atoms with E-state index in [0.717, 1.165) is 37.2 Å². The van der Waals surface area contributed by atoms with Crippen LogP contribution in [0.15, 0.2) is 24.3 Å². The molecule has 1 heterocycles. The third-order valence-corrected chi connectivity index (χ3v) is 4.36. The number of carbonyl (C=O) groups excluding carboxylic acids is 1. The first-order valence-corrected chi connectivity index (χ1v) is 7.27. The van der Waals surface area contributed by atoms with Crippen LogP contribution in [0.2, 0.25) is 0 Å². The monoisotopic (exact) mass is 276 g/mol. The molecule has 20 heavy (non-hydrogen) atoms. The first kappa shape index (κ1) is 14.9. The molecule has 4 nitrogen and oxygen atoms in total. The SMILES string of the molecule is CCC1(C(=O)N[C@H](C)c2ccccc2OC)CCNC1. The lowest BCUT2D eigenvalue weighted by Crippen LogP contribution is -2.43. The summed E-state index contributed by atoms with van der Waals surface area (Å²) in [5, 5.41) is 6.44. The van der Waals surface area contributed by atoms with Crippen molar-refractivity contribution in [1.82, 2.24) is 10.6 Å². The Hall–Kier alpha value is -1.55. The van der Waals surface area contributed by atoms with Gasteiger partial charge in [0.1, 0.15) is 5.75 Å². The van der Waals surface area contributed by atoms with E-state index in [9.17, 15) is 4.79 Å². The Morgan fingerprint density at radius 1 is 1.50 bits per heavy atom. The molecule has 4 heteroatoms. The van der Waals surface area contributed by atoms with Crippen molar-refractivity contribution in [3.8, 4) is 5.75 Å². The Morgan fingerprint density at radius 3 is 2.85 bits per heavy atom. The fourth-order valence-electron chi connectivity index (χ4n) is 2.85. The highest BCUT2D eigenvalue weighted by Crippen LogP contribution is 2.31. The highest BCUT2D eigenvalue weighted by molar-refractivity contribution is 5.83. The number of ether oxygens (including phenoxy) is 1. The number of hydrogen-bond acceptors (Lipinski definition) is 3. The van der Waals surface area contributed by atoms with Gasteiger partial charge in [-0.2, -0.15) is 0 Å². The molecule has 1 fully saturated rings. The summed E-state index contributed by atoms with van der Waals surface area (Å²) in [6.07, 6.45) is 1.78. The predicted molar refractivity (Wildman–Crippen MR) is 79.8 cm³/mol. The average Bonchev–Trinajstić information content (AvgIpc) is 2.97. The van der Waals surface area contributed by atoms with Crippen LogP contribution in [0.1, 0.15) is 38.3 Å². The Morgan fingerprint density at radius 2 is 2.25 bits per heavy atom. The number of benzene rings is 1. The number of para-hydroxylation sites is 1. The molecule has 1 amide bonds. The quantitative estimate of drug-likeness (QED) is 0.867. The molecule has 0 saturated carbocycles. The molecule has 0 spiro atoms. The Bertz CT molecular complexity index is 467. The molecule has 2 atom stereocenters. The standard InChI is InChI=1S/C16H24N2O2/c1-4-16(9-10-17-11-16)15(19)18-12(2)13-7-5-6-8-14(13)20-3/h5-8,12,17H,4,9-11H2,1-3H3,(H,18,19)/t12-,16?/m1/s1. The highest BCUT2D eigenvalue weighted by atomic mass is 16.5. The van der Waals surface area contributed by atoms with Gasteiger partial charge in [-0.1, -0.05) is 25.1 Å². The number of carbonyl (C=O) groups is 1. The molecule has 1 aliphatic rings. The Labute approximate surface area is 120 Å². The molecule has 0 aromatic heterocycles. The Balaban J connectivity index is 2.11. The molecule has 1 unspecified atom stereocenters. The van der Waals surface area contributed by atoms with Gasteiger partial charge in [0.2, 0.25) is 5.91 Å². The van der Waals surface area contributed by atoms with E-state index in [2.05, 4.69) is 17.6 Å². The van der Waals surface area contributed by atoms with Crippen LogP contribution in [0, 0.1) is 5.41 Å². The first-order valence-electron chi connectivity index (χ1n) is 7.27. The van der Waals surface area contributed by atoms with E-state index in [1.807, 2.05) is 31.2 Å². The third-order valence-electron chi connectivity index (χ3n) is 4.36. The van der Waals surface area contributed by atoms with Crippen molar-refractivity contribution in [2.75, 3.05) is 20.2 Å². The summed E-state index contributed by atoms with van der Waals surface area (Å²) >= 11 is 0. The molecule has 1 aromatic carbocycles. The molecule has 110 valence electrons. The van der Waals surface area contributed by atoms with Crippen LogP contribution in [-0.4, -0.2) is 26.1 Å². The van der Waals surface area contributed by atoms with Crippen molar-refractivity contribution in [3.05, 3.63) is 29.8 Å². The van der Waals surface area contributed by atoms with Gasteiger partial charge in [0, 0.05) is 12.1 Å². The average molecular weight is 276 g/mol. The molecule has 0 radical (unpaired) electrons. The number of hydrogen-bond donors (Lipinski definition) is 2. The lowest BCUT2D eigenvalue weighted by molar-refractivity contribution is -0.131. The number of amides is 1. The van der Waals surface area contributed by atoms with Crippen LogP contribution >= 0.6 is 0 Å². The summed E-state index contributed by atoms with van der Waals surface area (Å²) in [6, 6.07) is 7.76. The summed E-state index contributed by atoms with van der Waals surface area (Å²) in [6.45, 7) is 5.78. The van der Waals surface area contributed by atoms with Gasteiger partial charge in [-0.3, -0.25) is 4.79 Å². The van der Waals surface area contributed by atoms with E-state index in [-0.39, 0.29) is 17.4 Å². The minimum Gasteiger partial charge on any atom is -0.496 e. The minimum absolute atomic E-state index is 0.0531. The van der Waals surface area contributed by atoms with Crippen LogP contribution in [0.5, 0.6) is 5.75 Å². The zero-order valence-corrected chi connectivity index (χ0v) is 12.5. The van der Waals surface area contributed by atoms with Crippen LogP contribution < -0.4 is 15.4 Å². The lowest BCUT2D eigenvalue weighted by Gasteiger charge is -2.28. The molecule has 2 N–H and O–H groups in total. The fraction of sp³-hybridized carbons (Fsp3) is 0.562. The minimum atomic E-state index is -0.254. The van der Waals surface area contributed by atoms with Gasteiger partial charge in [-0.05, 0) is 32.4 Å². The first-order chi connectivity index (χ1) is 9.63. The molecule has 2 rings (SSSR count). The summed E-state index contributed by atoms with van der Waals surface area (Å²) in [5.74, 6) is 0.957. The molecular formula is C16H24N2O2. The van der Waals surface area contributed by atoms with Gasteiger partial charge in [-0.25, -0.2) is 0 Å². The van der Waals surface area contributed by atoms with Crippen LogP contribution in [-0.2, 0) is 4.79 Å². The van der Waals surface area contributed by atoms with E-state index in [4.69, 9.17) is 4.74 Å². The lowest BCUT2D eigenvalue weighted by atomic mass is 9.83. The van der Waals surface area contributed by atoms with Crippen molar-refractivity contribution in [2.45, 2.75) is 32.7 Å². The smallest absolute Gasteiger partial charge is 0.228 e. The van der Waals surface area contributed by atoms with Crippen molar-refractivity contribution >= 4 is 5.91 Å². The highest BCUT2D eigenvalue weighted by Gasteiger charge is 2.39. The topological polar surface area (TPSA) is 50.4 Å². The van der Waals surface area contributed by atoms with Crippen LogP contribution in [0.25, 0.3) is 0 Å². The Kier molecular flexibility index (Phi) is 4.65. The summed E-state index contributed by atoms with van der Waals surface area (Å²) in [4.78, 5) is 12.6. The van der Waals surface area contributed by atoms with Gasteiger partial charge >= 0.3 is 0 Å². The summed E-state index contributed by atoms with van der Waals surface area (Å²) in [5.41, 5.74) is 0.761. The molecule has 1 saturated heterocycles. The fourth-order valence-corrected chi connectivity index (χ4v) is 2.85. The van der Waals surface area contributed by atoms with E-state index >= 15 is 0 Å².